The molecule has 0 atom stereocenters. The van der Waals surface area contributed by atoms with Gasteiger partial charge in [0, 0.05) is 26.3 Å². The van der Waals surface area contributed by atoms with Crippen molar-refractivity contribution < 1.29 is 0 Å². The normalized spacial score (nSPS) is 10.8. The van der Waals surface area contributed by atoms with E-state index in [1.165, 1.54) is 22.4 Å². The molecular weight excluding hydrogens is 210 g/mol. The lowest BCUT2D eigenvalue weighted by Gasteiger charge is -2.07. The van der Waals surface area contributed by atoms with E-state index in [4.69, 9.17) is 0 Å². The summed E-state index contributed by atoms with van der Waals surface area (Å²) in [5.41, 5.74) is 5.23. The molecule has 3 nitrogen and oxygen atoms in total. The van der Waals surface area contributed by atoms with Crippen LogP contribution in [0.5, 0.6) is 0 Å². The smallest absolute Gasteiger partial charge is 0.0518 e. The lowest BCUT2D eigenvalue weighted by molar-refractivity contribution is 0.626. The topological polar surface area (TPSA) is 29.9 Å². The Balaban J connectivity index is 1.90. The predicted octanol–water partition coefficient (Wildman–Crippen LogP) is 2.33. The summed E-state index contributed by atoms with van der Waals surface area (Å²) >= 11 is 0. The zero-order valence-electron chi connectivity index (χ0n) is 10.7. The van der Waals surface area contributed by atoms with E-state index in [-0.39, 0.29) is 0 Å². The third-order valence-corrected chi connectivity index (χ3v) is 3.13. The Bertz CT molecular complexity index is 500. The summed E-state index contributed by atoms with van der Waals surface area (Å²) in [6, 6.07) is 8.63. The summed E-state index contributed by atoms with van der Waals surface area (Å²) in [7, 11) is 1.97. The lowest BCUT2D eigenvalue weighted by Crippen LogP contribution is -2.15. The van der Waals surface area contributed by atoms with Gasteiger partial charge >= 0.3 is 0 Å². The van der Waals surface area contributed by atoms with Gasteiger partial charge in [-0.2, -0.15) is 5.10 Å². The van der Waals surface area contributed by atoms with Crippen molar-refractivity contribution in [3.8, 4) is 0 Å². The summed E-state index contributed by atoms with van der Waals surface area (Å²) in [4.78, 5) is 0. The van der Waals surface area contributed by atoms with E-state index in [2.05, 4.69) is 42.5 Å². The van der Waals surface area contributed by atoms with E-state index in [1.807, 2.05) is 24.0 Å². The van der Waals surface area contributed by atoms with Gasteiger partial charge in [-0.3, -0.25) is 4.68 Å². The molecule has 0 fully saturated rings. The van der Waals surface area contributed by atoms with Crippen molar-refractivity contribution in [1.82, 2.24) is 15.1 Å². The van der Waals surface area contributed by atoms with Gasteiger partial charge in [0.2, 0.25) is 0 Å². The molecule has 3 heteroatoms. The molecule has 0 aliphatic heterocycles. The van der Waals surface area contributed by atoms with Crippen LogP contribution in [0.25, 0.3) is 0 Å². The quantitative estimate of drug-likeness (QED) is 0.872. The van der Waals surface area contributed by atoms with Crippen LogP contribution in [0.2, 0.25) is 0 Å². The molecule has 0 radical (unpaired) electrons. The van der Waals surface area contributed by atoms with Crippen molar-refractivity contribution in [3.05, 3.63) is 52.8 Å². The fourth-order valence-corrected chi connectivity index (χ4v) is 1.82. The fourth-order valence-electron chi connectivity index (χ4n) is 1.82. The molecule has 2 aromatic rings. The Morgan fingerprint density at radius 3 is 2.59 bits per heavy atom. The highest BCUT2D eigenvalue weighted by Crippen LogP contribution is 2.09. The summed E-state index contributed by atoms with van der Waals surface area (Å²) in [6.07, 6.45) is 1.83. The molecule has 1 aromatic heterocycles. The first-order valence-corrected chi connectivity index (χ1v) is 5.90. The summed E-state index contributed by atoms with van der Waals surface area (Å²) < 4.78 is 1.90. The Morgan fingerprint density at radius 2 is 1.94 bits per heavy atom. The van der Waals surface area contributed by atoms with Gasteiger partial charge in [-0.15, -0.1) is 0 Å². The number of hydrogen-bond acceptors (Lipinski definition) is 2. The SMILES string of the molecule is Cc1ccc(CNCc2ccnn2C)cc1C. The van der Waals surface area contributed by atoms with Crippen LogP contribution in [0, 0.1) is 13.8 Å². The van der Waals surface area contributed by atoms with Gasteiger partial charge in [0.05, 0.1) is 5.69 Å². The zero-order valence-corrected chi connectivity index (χ0v) is 10.7. The highest BCUT2D eigenvalue weighted by Gasteiger charge is 1.99. The minimum Gasteiger partial charge on any atom is -0.307 e. The van der Waals surface area contributed by atoms with Crippen LogP contribution in [-0.2, 0) is 20.1 Å². The van der Waals surface area contributed by atoms with Crippen LogP contribution >= 0.6 is 0 Å². The first-order valence-electron chi connectivity index (χ1n) is 5.90. The van der Waals surface area contributed by atoms with Crippen LogP contribution in [0.4, 0.5) is 0 Å². The largest absolute Gasteiger partial charge is 0.307 e. The molecule has 0 aliphatic carbocycles. The number of aryl methyl sites for hydroxylation is 3. The Hall–Kier alpha value is -1.61. The highest BCUT2D eigenvalue weighted by molar-refractivity contribution is 5.29. The van der Waals surface area contributed by atoms with E-state index in [0.29, 0.717) is 0 Å². The number of rotatable bonds is 4. The van der Waals surface area contributed by atoms with Gasteiger partial charge in [-0.05, 0) is 36.6 Å². The molecule has 17 heavy (non-hydrogen) atoms. The first kappa shape index (κ1) is 11.9. The standard InChI is InChI=1S/C14H19N3/c1-11-4-5-13(8-12(11)2)9-15-10-14-6-7-16-17(14)3/h4-8,15H,9-10H2,1-3H3. The molecule has 0 bridgehead atoms. The minimum atomic E-state index is 0.851. The molecule has 1 aromatic carbocycles. The molecule has 0 spiro atoms. The zero-order chi connectivity index (χ0) is 12.3. The average Bonchev–Trinajstić information content (AvgIpc) is 2.70. The van der Waals surface area contributed by atoms with Crippen LogP contribution in [0.3, 0.4) is 0 Å². The highest BCUT2D eigenvalue weighted by atomic mass is 15.3. The van der Waals surface area contributed by atoms with Crippen LogP contribution in [-0.4, -0.2) is 9.78 Å². The molecule has 0 unspecified atom stereocenters. The third-order valence-electron chi connectivity index (χ3n) is 3.13. The van der Waals surface area contributed by atoms with Crippen molar-refractivity contribution in [2.45, 2.75) is 26.9 Å². The first-order chi connectivity index (χ1) is 8.16. The lowest BCUT2D eigenvalue weighted by atomic mass is 10.1. The van der Waals surface area contributed by atoms with Crippen LogP contribution in [0.15, 0.2) is 30.5 Å². The third kappa shape index (κ3) is 2.94. The van der Waals surface area contributed by atoms with Crippen LogP contribution < -0.4 is 5.32 Å². The number of benzene rings is 1. The van der Waals surface area contributed by atoms with E-state index < -0.39 is 0 Å². The second-order valence-electron chi connectivity index (χ2n) is 4.47. The minimum absolute atomic E-state index is 0.851. The fraction of sp³-hybridized carbons (Fsp3) is 0.357. The predicted molar refractivity (Wildman–Crippen MR) is 69.7 cm³/mol. The van der Waals surface area contributed by atoms with Crippen molar-refractivity contribution in [3.63, 3.8) is 0 Å². The van der Waals surface area contributed by atoms with Gasteiger partial charge in [-0.1, -0.05) is 18.2 Å². The number of nitrogens with zero attached hydrogens (tertiary/aromatic N) is 2. The number of hydrogen-bond donors (Lipinski definition) is 1. The maximum Gasteiger partial charge on any atom is 0.0518 e. The molecule has 0 aliphatic rings. The molecule has 0 saturated heterocycles. The van der Waals surface area contributed by atoms with E-state index in [1.54, 1.807) is 0 Å². The molecule has 1 N–H and O–H groups in total. The van der Waals surface area contributed by atoms with Crippen molar-refractivity contribution in [1.29, 1.82) is 0 Å². The second kappa shape index (κ2) is 5.15. The maximum absolute atomic E-state index is 4.14. The van der Waals surface area contributed by atoms with Crippen LogP contribution in [0.1, 0.15) is 22.4 Å². The summed E-state index contributed by atoms with van der Waals surface area (Å²) in [6.45, 7) is 6.04. The maximum atomic E-state index is 4.14. The van der Waals surface area contributed by atoms with E-state index in [0.717, 1.165) is 13.1 Å². The second-order valence-corrected chi connectivity index (χ2v) is 4.47. The molecule has 2 rings (SSSR count). The van der Waals surface area contributed by atoms with Gasteiger partial charge in [0.15, 0.2) is 0 Å². The molecule has 0 saturated carbocycles. The van der Waals surface area contributed by atoms with Gasteiger partial charge in [0.1, 0.15) is 0 Å². The van der Waals surface area contributed by atoms with E-state index >= 15 is 0 Å². The summed E-state index contributed by atoms with van der Waals surface area (Å²) in [5.74, 6) is 0. The van der Waals surface area contributed by atoms with Crippen molar-refractivity contribution in [2.24, 2.45) is 7.05 Å². The van der Waals surface area contributed by atoms with Gasteiger partial charge in [0.25, 0.3) is 0 Å². The number of aromatic nitrogens is 2. The number of nitrogens with one attached hydrogen (secondary N) is 1. The van der Waals surface area contributed by atoms with Gasteiger partial charge < -0.3 is 5.32 Å². The van der Waals surface area contributed by atoms with E-state index in [9.17, 15) is 0 Å². The average molecular weight is 229 g/mol. The molecule has 1 heterocycles. The van der Waals surface area contributed by atoms with Crippen molar-refractivity contribution >= 4 is 0 Å². The molecule has 90 valence electrons. The monoisotopic (exact) mass is 229 g/mol. The van der Waals surface area contributed by atoms with Crippen molar-refractivity contribution in [2.75, 3.05) is 0 Å². The Kier molecular flexibility index (Phi) is 3.59. The Morgan fingerprint density at radius 1 is 1.12 bits per heavy atom. The van der Waals surface area contributed by atoms with Gasteiger partial charge in [-0.25, -0.2) is 0 Å². The molecular formula is C14H19N3. The Labute approximate surface area is 102 Å². The summed E-state index contributed by atoms with van der Waals surface area (Å²) in [5, 5.41) is 7.58. The molecule has 0 amide bonds.